The minimum absolute atomic E-state index is 0.0318. The van der Waals surface area contributed by atoms with Crippen molar-refractivity contribution in [3.05, 3.63) is 88.1 Å². The summed E-state index contributed by atoms with van der Waals surface area (Å²) in [5.74, 6) is 1.29. The van der Waals surface area contributed by atoms with Gasteiger partial charge in [0, 0.05) is 27.7 Å². The maximum atomic E-state index is 14.1. The van der Waals surface area contributed by atoms with E-state index in [2.05, 4.69) is 24.4 Å². The van der Waals surface area contributed by atoms with Gasteiger partial charge in [-0.05, 0) is 67.5 Å². The first kappa shape index (κ1) is 30.4. The van der Waals surface area contributed by atoms with E-state index >= 15 is 0 Å². The van der Waals surface area contributed by atoms with Gasteiger partial charge >= 0.3 is 6.03 Å². The number of thiophene rings is 1. The van der Waals surface area contributed by atoms with Crippen LogP contribution in [0.4, 0.5) is 10.5 Å². The Morgan fingerprint density at radius 2 is 1.67 bits per heavy atom. The summed E-state index contributed by atoms with van der Waals surface area (Å²) in [5, 5.41) is 5.20. The summed E-state index contributed by atoms with van der Waals surface area (Å²) in [7, 11) is 3.25. The van der Waals surface area contributed by atoms with Crippen molar-refractivity contribution in [1.29, 1.82) is 0 Å². The molecule has 1 aliphatic carbocycles. The van der Waals surface area contributed by atoms with Crippen molar-refractivity contribution in [2.75, 3.05) is 32.6 Å². The molecule has 8 heteroatoms. The maximum Gasteiger partial charge on any atom is 0.322 e. The highest BCUT2D eigenvalue weighted by Crippen LogP contribution is 2.29. The number of aryl methyl sites for hydroxylation is 1. The van der Waals surface area contributed by atoms with Gasteiger partial charge in [-0.2, -0.15) is 0 Å². The van der Waals surface area contributed by atoms with Crippen LogP contribution in [-0.2, 0) is 17.8 Å². The first-order valence-corrected chi connectivity index (χ1v) is 15.9. The summed E-state index contributed by atoms with van der Waals surface area (Å²) in [6.07, 6.45) is 5.77. The lowest BCUT2D eigenvalue weighted by molar-refractivity contribution is -0.132. The van der Waals surface area contributed by atoms with Crippen LogP contribution in [0.3, 0.4) is 0 Å². The summed E-state index contributed by atoms with van der Waals surface area (Å²) in [4.78, 5) is 34.0. The van der Waals surface area contributed by atoms with Gasteiger partial charge in [0.2, 0.25) is 5.91 Å². The van der Waals surface area contributed by atoms with Crippen LogP contribution in [0.5, 0.6) is 11.5 Å². The number of urea groups is 1. The number of amides is 3. The Hall–Kier alpha value is -4.04. The van der Waals surface area contributed by atoms with Gasteiger partial charge in [-0.3, -0.25) is 4.79 Å². The molecule has 0 radical (unpaired) electrons. The molecule has 1 saturated carbocycles. The highest BCUT2D eigenvalue weighted by atomic mass is 32.1. The number of methoxy groups -OCH3 is 2. The van der Waals surface area contributed by atoms with Gasteiger partial charge in [0.15, 0.2) is 11.5 Å². The van der Waals surface area contributed by atoms with E-state index < -0.39 is 0 Å². The molecule has 3 aromatic carbocycles. The lowest BCUT2D eigenvalue weighted by Crippen LogP contribution is -2.49. The third-order valence-electron chi connectivity index (χ3n) is 8.23. The third kappa shape index (κ3) is 7.68. The van der Waals surface area contributed by atoms with E-state index in [0.717, 1.165) is 52.6 Å². The molecule has 1 aliphatic rings. The second-order valence-corrected chi connectivity index (χ2v) is 12.5. The van der Waals surface area contributed by atoms with Crippen LogP contribution in [0.1, 0.15) is 47.4 Å². The Labute approximate surface area is 258 Å². The summed E-state index contributed by atoms with van der Waals surface area (Å²) in [5.41, 5.74) is 1.81. The summed E-state index contributed by atoms with van der Waals surface area (Å²) in [6, 6.07) is 23.8. The van der Waals surface area contributed by atoms with E-state index in [9.17, 15) is 9.59 Å². The van der Waals surface area contributed by atoms with Gasteiger partial charge in [0.05, 0.1) is 26.5 Å². The number of carbonyl (C=O) groups excluding carboxylic acids is 2. The largest absolute Gasteiger partial charge is 0.493 e. The van der Waals surface area contributed by atoms with E-state index in [0.29, 0.717) is 31.0 Å². The Balaban J connectivity index is 1.36. The molecule has 0 unspecified atom stereocenters. The third-order valence-corrected chi connectivity index (χ3v) is 9.21. The fourth-order valence-corrected chi connectivity index (χ4v) is 6.78. The van der Waals surface area contributed by atoms with Crippen molar-refractivity contribution < 1.29 is 19.1 Å². The number of rotatable bonds is 11. The lowest BCUT2D eigenvalue weighted by Gasteiger charge is -2.35. The monoisotopic (exact) mass is 599 g/mol. The van der Waals surface area contributed by atoms with Crippen molar-refractivity contribution in [3.63, 3.8) is 0 Å². The molecule has 1 heterocycles. The zero-order valence-corrected chi connectivity index (χ0v) is 26.1. The van der Waals surface area contributed by atoms with Gasteiger partial charge in [-0.25, -0.2) is 4.79 Å². The lowest BCUT2D eigenvalue weighted by atomic mass is 9.94. The maximum absolute atomic E-state index is 14.1. The zero-order valence-electron chi connectivity index (χ0n) is 25.3. The molecule has 1 fully saturated rings. The normalized spacial score (nSPS) is 13.5. The van der Waals surface area contributed by atoms with Gasteiger partial charge < -0.3 is 24.6 Å². The average molecular weight is 600 g/mol. The molecular weight excluding hydrogens is 558 g/mol. The molecule has 1 aromatic heterocycles. The number of benzene rings is 3. The van der Waals surface area contributed by atoms with Crippen LogP contribution in [0.15, 0.2) is 72.8 Å². The molecule has 226 valence electrons. The average Bonchev–Trinajstić information content (AvgIpc) is 3.46. The number of nitrogens with one attached hydrogen (secondary N) is 1. The molecule has 1 N–H and O–H groups in total. The van der Waals surface area contributed by atoms with Crippen LogP contribution in [0.25, 0.3) is 10.8 Å². The van der Waals surface area contributed by atoms with Gasteiger partial charge in [-0.15, -0.1) is 11.3 Å². The number of ether oxygens (including phenoxy) is 2. The fourth-order valence-electron chi connectivity index (χ4n) is 5.88. The predicted molar refractivity (Wildman–Crippen MR) is 174 cm³/mol. The number of fused-ring (bicyclic) bond motifs is 1. The first-order chi connectivity index (χ1) is 20.9. The Morgan fingerprint density at radius 1 is 0.907 bits per heavy atom. The molecule has 7 nitrogen and oxygen atoms in total. The molecule has 43 heavy (non-hydrogen) atoms. The molecule has 0 aliphatic heterocycles. The molecule has 4 aromatic rings. The molecule has 0 bridgehead atoms. The smallest absolute Gasteiger partial charge is 0.322 e. The second-order valence-electron chi connectivity index (χ2n) is 11.1. The molecule has 0 saturated heterocycles. The Kier molecular flexibility index (Phi) is 10.2. The summed E-state index contributed by atoms with van der Waals surface area (Å²) < 4.78 is 10.9. The molecule has 0 spiro atoms. The molecule has 0 atom stereocenters. The van der Waals surface area contributed by atoms with Crippen LogP contribution >= 0.6 is 11.3 Å². The first-order valence-electron chi connectivity index (χ1n) is 15.0. The molecule has 3 amide bonds. The van der Waals surface area contributed by atoms with E-state index in [1.807, 2.05) is 65.6 Å². The number of nitrogens with zero attached hydrogens (tertiary/aromatic N) is 2. The van der Waals surface area contributed by atoms with E-state index in [4.69, 9.17) is 9.47 Å². The van der Waals surface area contributed by atoms with Crippen molar-refractivity contribution in [1.82, 2.24) is 9.80 Å². The quantitative estimate of drug-likeness (QED) is 0.192. The number of carbonyl (C=O) groups is 2. The predicted octanol–water partition coefficient (Wildman–Crippen LogP) is 7.67. The van der Waals surface area contributed by atoms with Gasteiger partial charge in [-0.1, -0.05) is 61.7 Å². The van der Waals surface area contributed by atoms with Gasteiger partial charge in [0.1, 0.15) is 6.54 Å². The van der Waals surface area contributed by atoms with Gasteiger partial charge in [0.25, 0.3) is 0 Å². The number of anilines is 1. The summed E-state index contributed by atoms with van der Waals surface area (Å²) >= 11 is 1.70. The van der Waals surface area contributed by atoms with Crippen LogP contribution in [-0.4, -0.2) is 55.1 Å². The van der Waals surface area contributed by atoms with Crippen LogP contribution in [0.2, 0.25) is 0 Å². The molecular formula is C35H41N3O4S. The van der Waals surface area contributed by atoms with Crippen molar-refractivity contribution >= 4 is 39.7 Å². The van der Waals surface area contributed by atoms with Crippen LogP contribution < -0.4 is 14.8 Å². The van der Waals surface area contributed by atoms with E-state index in [-0.39, 0.29) is 24.5 Å². The van der Waals surface area contributed by atoms with Crippen molar-refractivity contribution in [2.45, 2.75) is 58.0 Å². The zero-order chi connectivity index (χ0) is 30.2. The van der Waals surface area contributed by atoms with Crippen molar-refractivity contribution in [2.24, 2.45) is 0 Å². The number of hydrogen-bond donors (Lipinski definition) is 1. The fraction of sp³-hybridized carbons (Fsp3) is 0.371. The standard InChI is InChI=1S/C35H41N3O4S/c1-25-16-18-29(43-25)23-37(21-20-26-17-19-32(41-2)33(22-26)42-3)34(39)24-38(28-12-5-4-6-13-28)35(40)36-31-15-9-11-27-10-7-8-14-30(27)31/h7-11,14-19,22,28H,4-6,12-13,20-21,23-24H2,1-3H3,(H,36,40). The van der Waals surface area contributed by atoms with E-state index in [1.54, 1.807) is 30.5 Å². The van der Waals surface area contributed by atoms with Crippen LogP contribution in [0, 0.1) is 6.92 Å². The van der Waals surface area contributed by atoms with E-state index in [1.165, 1.54) is 11.3 Å². The highest BCUT2D eigenvalue weighted by molar-refractivity contribution is 7.11. The Morgan fingerprint density at radius 3 is 2.42 bits per heavy atom. The Bertz CT molecular complexity index is 1540. The second kappa shape index (κ2) is 14.4. The highest BCUT2D eigenvalue weighted by Gasteiger charge is 2.29. The summed E-state index contributed by atoms with van der Waals surface area (Å²) in [6.45, 7) is 3.15. The molecule has 5 rings (SSSR count). The minimum atomic E-state index is -0.219. The topological polar surface area (TPSA) is 71.1 Å². The minimum Gasteiger partial charge on any atom is -0.493 e. The number of hydrogen-bond acceptors (Lipinski definition) is 5. The van der Waals surface area contributed by atoms with Crippen molar-refractivity contribution in [3.8, 4) is 11.5 Å². The SMILES string of the molecule is COc1ccc(CCN(Cc2ccc(C)s2)C(=O)CN(C(=O)Nc2cccc3ccccc23)C2CCCCC2)cc1OC.